The minimum absolute atomic E-state index is 0.0534. The SMILES string of the molecule is CC(c1ccc(-n2cncn2)cc1)N(C)C(=O)c1ccc(Cl)c(S(=O)(=O)NC(C)(C)C)c1. The topological polar surface area (TPSA) is 97.2 Å². The third-order valence-corrected chi connectivity index (χ3v) is 7.11. The van der Waals surface area contributed by atoms with Crippen molar-refractivity contribution >= 4 is 27.5 Å². The number of carbonyl (C=O) groups is 1. The van der Waals surface area contributed by atoms with Crippen LogP contribution < -0.4 is 4.72 Å². The molecule has 1 unspecified atom stereocenters. The number of hydrogen-bond acceptors (Lipinski definition) is 5. The highest BCUT2D eigenvalue weighted by molar-refractivity contribution is 7.89. The summed E-state index contributed by atoms with van der Waals surface area (Å²) in [6.45, 7) is 7.10. The second kappa shape index (κ2) is 9.01. The van der Waals surface area contributed by atoms with E-state index in [0.717, 1.165) is 11.3 Å². The second-order valence-corrected chi connectivity index (χ2v) is 10.6. The van der Waals surface area contributed by atoms with Crippen molar-refractivity contribution in [2.45, 2.75) is 44.2 Å². The van der Waals surface area contributed by atoms with Gasteiger partial charge in [0.05, 0.1) is 16.8 Å². The number of nitrogens with zero attached hydrogens (tertiary/aromatic N) is 4. The lowest BCUT2D eigenvalue weighted by molar-refractivity contribution is 0.0742. The first-order chi connectivity index (χ1) is 14.9. The molecule has 1 atom stereocenters. The van der Waals surface area contributed by atoms with Gasteiger partial charge in [0, 0.05) is 18.2 Å². The van der Waals surface area contributed by atoms with Crippen LogP contribution in [0.2, 0.25) is 5.02 Å². The number of hydrogen-bond donors (Lipinski definition) is 1. The minimum Gasteiger partial charge on any atom is -0.335 e. The van der Waals surface area contributed by atoms with Crippen molar-refractivity contribution in [3.8, 4) is 5.69 Å². The predicted octanol–water partition coefficient (Wildman–Crippen LogP) is 3.83. The van der Waals surface area contributed by atoms with E-state index in [1.807, 2.05) is 31.2 Å². The molecule has 3 aromatic rings. The molecule has 2 aromatic carbocycles. The Morgan fingerprint density at radius 2 is 1.81 bits per heavy atom. The summed E-state index contributed by atoms with van der Waals surface area (Å²) in [6, 6.07) is 11.6. The van der Waals surface area contributed by atoms with E-state index in [-0.39, 0.29) is 27.4 Å². The van der Waals surface area contributed by atoms with Gasteiger partial charge < -0.3 is 4.90 Å². The lowest BCUT2D eigenvalue weighted by atomic mass is 10.1. The summed E-state index contributed by atoms with van der Waals surface area (Å²) in [7, 11) is -2.22. The van der Waals surface area contributed by atoms with Crippen LogP contribution in [-0.2, 0) is 10.0 Å². The summed E-state index contributed by atoms with van der Waals surface area (Å²) in [5.41, 5.74) is 1.32. The number of nitrogens with one attached hydrogen (secondary N) is 1. The Kier molecular flexibility index (Phi) is 6.73. The van der Waals surface area contributed by atoms with E-state index in [0.29, 0.717) is 0 Å². The maximum atomic E-state index is 13.1. The van der Waals surface area contributed by atoms with E-state index in [1.165, 1.54) is 24.5 Å². The van der Waals surface area contributed by atoms with Gasteiger partial charge in [-0.05, 0) is 63.6 Å². The molecule has 3 rings (SSSR count). The molecule has 10 heteroatoms. The molecule has 1 heterocycles. The van der Waals surface area contributed by atoms with Crippen molar-refractivity contribution in [1.29, 1.82) is 0 Å². The van der Waals surface area contributed by atoms with Gasteiger partial charge in [-0.1, -0.05) is 23.7 Å². The molecule has 0 aliphatic heterocycles. The number of rotatable bonds is 6. The monoisotopic (exact) mass is 475 g/mol. The summed E-state index contributed by atoms with van der Waals surface area (Å²) < 4.78 is 29.7. The fraction of sp³-hybridized carbons (Fsp3) is 0.318. The maximum absolute atomic E-state index is 13.1. The molecule has 32 heavy (non-hydrogen) atoms. The van der Waals surface area contributed by atoms with Gasteiger partial charge in [-0.15, -0.1) is 0 Å². The van der Waals surface area contributed by atoms with E-state index < -0.39 is 15.6 Å². The van der Waals surface area contributed by atoms with Gasteiger partial charge >= 0.3 is 0 Å². The smallest absolute Gasteiger partial charge is 0.254 e. The van der Waals surface area contributed by atoms with Crippen molar-refractivity contribution < 1.29 is 13.2 Å². The summed E-state index contributed by atoms with van der Waals surface area (Å²) in [6.07, 6.45) is 3.06. The largest absolute Gasteiger partial charge is 0.335 e. The average molecular weight is 476 g/mol. The molecule has 0 bridgehead atoms. The van der Waals surface area contributed by atoms with Gasteiger partial charge in [0.15, 0.2) is 0 Å². The fourth-order valence-corrected chi connectivity index (χ4v) is 5.10. The molecule has 0 saturated carbocycles. The number of sulfonamides is 1. The summed E-state index contributed by atoms with van der Waals surface area (Å²) in [5.74, 6) is -0.318. The molecule has 1 aromatic heterocycles. The highest BCUT2D eigenvalue weighted by atomic mass is 35.5. The highest BCUT2D eigenvalue weighted by Gasteiger charge is 2.27. The van der Waals surface area contributed by atoms with Gasteiger partial charge in [-0.3, -0.25) is 4.79 Å². The Balaban J connectivity index is 1.84. The quantitative estimate of drug-likeness (QED) is 0.584. The van der Waals surface area contributed by atoms with Crippen molar-refractivity contribution in [3.63, 3.8) is 0 Å². The Morgan fingerprint density at radius 1 is 1.16 bits per heavy atom. The first-order valence-electron chi connectivity index (χ1n) is 9.95. The first kappa shape index (κ1) is 23.9. The summed E-state index contributed by atoms with van der Waals surface area (Å²) in [5, 5.41) is 4.15. The third-order valence-electron chi connectivity index (χ3n) is 4.87. The molecule has 0 spiro atoms. The molecule has 0 saturated heterocycles. The second-order valence-electron chi connectivity index (χ2n) is 8.52. The maximum Gasteiger partial charge on any atom is 0.254 e. The van der Waals surface area contributed by atoms with Gasteiger partial charge in [0.2, 0.25) is 10.0 Å². The van der Waals surface area contributed by atoms with Crippen LogP contribution in [0.4, 0.5) is 0 Å². The molecule has 1 N–H and O–H groups in total. The van der Waals surface area contributed by atoms with E-state index in [9.17, 15) is 13.2 Å². The molecule has 170 valence electrons. The minimum atomic E-state index is -3.90. The standard InChI is InChI=1S/C22H26ClN5O3S/c1-15(16-6-9-18(10-7-16)28-14-24-13-25-28)27(5)21(29)17-8-11-19(23)20(12-17)32(30,31)26-22(2,3)4/h6-15,26H,1-5H3. The molecule has 1 amide bonds. The molecular weight excluding hydrogens is 450 g/mol. The van der Waals surface area contributed by atoms with E-state index in [2.05, 4.69) is 14.8 Å². The van der Waals surface area contributed by atoms with E-state index in [4.69, 9.17) is 11.6 Å². The first-order valence-corrected chi connectivity index (χ1v) is 11.8. The molecule has 0 aliphatic carbocycles. The average Bonchev–Trinajstić information content (AvgIpc) is 3.25. The predicted molar refractivity (Wildman–Crippen MR) is 123 cm³/mol. The number of carbonyl (C=O) groups excluding carboxylic acids is 1. The van der Waals surface area contributed by atoms with Gasteiger partial charge in [0.25, 0.3) is 5.91 Å². The van der Waals surface area contributed by atoms with Gasteiger partial charge in [-0.25, -0.2) is 22.8 Å². The van der Waals surface area contributed by atoms with Gasteiger partial charge in [-0.2, -0.15) is 5.10 Å². The molecular formula is C22H26ClN5O3S. The van der Waals surface area contributed by atoms with Crippen LogP contribution >= 0.6 is 11.6 Å². The molecule has 0 aliphatic rings. The lowest BCUT2D eigenvalue weighted by Crippen LogP contribution is -2.40. The van der Waals surface area contributed by atoms with Crippen LogP contribution in [0.5, 0.6) is 0 Å². The zero-order valence-electron chi connectivity index (χ0n) is 18.6. The fourth-order valence-electron chi connectivity index (χ4n) is 3.15. The third kappa shape index (κ3) is 5.35. The number of aromatic nitrogens is 3. The van der Waals surface area contributed by atoms with Gasteiger partial charge in [0.1, 0.15) is 17.6 Å². The number of benzene rings is 2. The Bertz CT molecular complexity index is 1200. The summed E-state index contributed by atoms with van der Waals surface area (Å²) >= 11 is 6.15. The van der Waals surface area contributed by atoms with Crippen LogP contribution in [0, 0.1) is 0 Å². The van der Waals surface area contributed by atoms with Crippen molar-refractivity contribution in [1.82, 2.24) is 24.4 Å². The lowest BCUT2D eigenvalue weighted by Gasteiger charge is -2.26. The summed E-state index contributed by atoms with van der Waals surface area (Å²) in [4.78, 5) is 18.5. The Hall–Kier alpha value is -2.75. The zero-order chi connectivity index (χ0) is 23.7. The molecule has 8 nitrogen and oxygen atoms in total. The van der Waals surface area contributed by atoms with Crippen LogP contribution in [0.25, 0.3) is 5.69 Å². The van der Waals surface area contributed by atoms with Crippen LogP contribution in [0.3, 0.4) is 0 Å². The Morgan fingerprint density at radius 3 is 2.38 bits per heavy atom. The zero-order valence-corrected chi connectivity index (χ0v) is 20.1. The van der Waals surface area contributed by atoms with E-state index in [1.54, 1.807) is 43.7 Å². The van der Waals surface area contributed by atoms with Crippen LogP contribution in [0.15, 0.2) is 60.0 Å². The molecule has 0 fully saturated rings. The Labute approximate surface area is 193 Å². The normalized spacial score (nSPS) is 13.1. The number of halogens is 1. The van der Waals surface area contributed by atoms with Crippen molar-refractivity contribution in [3.05, 3.63) is 71.3 Å². The van der Waals surface area contributed by atoms with Crippen LogP contribution in [-0.4, -0.2) is 46.6 Å². The van der Waals surface area contributed by atoms with Crippen LogP contribution in [0.1, 0.15) is 49.7 Å². The van der Waals surface area contributed by atoms with E-state index >= 15 is 0 Å². The van der Waals surface area contributed by atoms with Crippen molar-refractivity contribution in [2.24, 2.45) is 0 Å². The highest BCUT2D eigenvalue weighted by Crippen LogP contribution is 2.27. The van der Waals surface area contributed by atoms with Crippen molar-refractivity contribution in [2.75, 3.05) is 7.05 Å². The number of amides is 1. The molecule has 0 radical (unpaired) electrons.